The number of nitrogens with one attached hydrogen (secondary N) is 1. The maximum absolute atomic E-state index is 4.42. The molecule has 1 atom stereocenters. The summed E-state index contributed by atoms with van der Waals surface area (Å²) in [5.74, 6) is 0. The number of rotatable bonds is 5. The lowest BCUT2D eigenvalue weighted by Gasteiger charge is -2.14. The molecule has 0 fully saturated rings. The lowest BCUT2D eigenvalue weighted by molar-refractivity contribution is 0.580. The van der Waals surface area contributed by atoms with E-state index >= 15 is 0 Å². The molecule has 0 radical (unpaired) electrons. The molecule has 0 aromatic carbocycles. The van der Waals surface area contributed by atoms with Crippen molar-refractivity contribution in [3.05, 3.63) is 52.0 Å². The van der Waals surface area contributed by atoms with Gasteiger partial charge in [-0.2, -0.15) is 0 Å². The van der Waals surface area contributed by atoms with Crippen molar-refractivity contribution in [2.75, 3.05) is 7.05 Å². The molecule has 0 saturated heterocycles. The predicted octanol–water partition coefficient (Wildman–Crippen LogP) is 3.21. The van der Waals surface area contributed by atoms with Gasteiger partial charge in [0.15, 0.2) is 0 Å². The van der Waals surface area contributed by atoms with Crippen LogP contribution in [0.5, 0.6) is 0 Å². The summed E-state index contributed by atoms with van der Waals surface area (Å²) in [6.45, 7) is 2.20. The van der Waals surface area contributed by atoms with Gasteiger partial charge in [0, 0.05) is 22.4 Å². The van der Waals surface area contributed by atoms with E-state index in [2.05, 4.69) is 35.4 Å². The van der Waals surface area contributed by atoms with Crippen LogP contribution in [0.4, 0.5) is 0 Å². The van der Waals surface area contributed by atoms with E-state index in [1.807, 2.05) is 36.7 Å². The van der Waals surface area contributed by atoms with Crippen LogP contribution in [-0.4, -0.2) is 12.0 Å². The summed E-state index contributed by atoms with van der Waals surface area (Å²) in [5.41, 5.74) is 1.11. The molecule has 0 aliphatic rings. The van der Waals surface area contributed by atoms with E-state index in [0.29, 0.717) is 6.04 Å². The predicted molar refractivity (Wildman–Crippen MR) is 73.4 cm³/mol. The average Bonchev–Trinajstić information content (AvgIpc) is 2.84. The number of thiophene rings is 1. The minimum absolute atomic E-state index is 0.305. The third-order valence-electron chi connectivity index (χ3n) is 2.86. The van der Waals surface area contributed by atoms with Crippen molar-refractivity contribution >= 4 is 11.3 Å². The summed E-state index contributed by atoms with van der Waals surface area (Å²) in [6.07, 6.45) is 3.99. The largest absolute Gasteiger partial charge is 0.311 e. The molecule has 2 heterocycles. The molecule has 90 valence electrons. The van der Waals surface area contributed by atoms with Gasteiger partial charge in [0.25, 0.3) is 0 Å². The summed E-state index contributed by atoms with van der Waals surface area (Å²) in [6, 6.07) is 10.8. The Balaban J connectivity index is 2.10. The Kier molecular flexibility index (Phi) is 4.29. The number of pyridine rings is 1. The number of likely N-dealkylation sites (N-methyl/N-ethyl adjacent to an activating group) is 1. The van der Waals surface area contributed by atoms with E-state index in [1.165, 1.54) is 9.75 Å². The molecule has 0 saturated carbocycles. The van der Waals surface area contributed by atoms with Crippen LogP contribution in [0.3, 0.4) is 0 Å². The number of hydrogen-bond acceptors (Lipinski definition) is 3. The van der Waals surface area contributed by atoms with Crippen molar-refractivity contribution in [2.45, 2.75) is 25.8 Å². The molecule has 0 aliphatic carbocycles. The van der Waals surface area contributed by atoms with Gasteiger partial charge in [0.05, 0.1) is 11.7 Å². The van der Waals surface area contributed by atoms with E-state index in [0.717, 1.165) is 18.5 Å². The second-order valence-electron chi connectivity index (χ2n) is 4.02. The summed E-state index contributed by atoms with van der Waals surface area (Å²) in [7, 11) is 1.99. The minimum atomic E-state index is 0.305. The number of aromatic nitrogens is 1. The van der Waals surface area contributed by atoms with Crippen LogP contribution in [0.25, 0.3) is 0 Å². The zero-order valence-electron chi connectivity index (χ0n) is 10.3. The van der Waals surface area contributed by atoms with Crippen molar-refractivity contribution in [3.8, 4) is 0 Å². The summed E-state index contributed by atoms with van der Waals surface area (Å²) >= 11 is 1.90. The number of nitrogens with zero attached hydrogens (tertiary/aromatic N) is 1. The van der Waals surface area contributed by atoms with Crippen LogP contribution in [0.2, 0.25) is 0 Å². The quantitative estimate of drug-likeness (QED) is 0.876. The normalized spacial score (nSPS) is 12.6. The van der Waals surface area contributed by atoms with E-state index < -0.39 is 0 Å². The van der Waals surface area contributed by atoms with Gasteiger partial charge in [-0.15, -0.1) is 11.3 Å². The van der Waals surface area contributed by atoms with Gasteiger partial charge in [-0.25, -0.2) is 0 Å². The van der Waals surface area contributed by atoms with Crippen molar-refractivity contribution < 1.29 is 0 Å². The minimum Gasteiger partial charge on any atom is -0.311 e. The Morgan fingerprint density at radius 2 is 2.06 bits per heavy atom. The molecule has 17 heavy (non-hydrogen) atoms. The Hall–Kier alpha value is -1.19. The first-order chi connectivity index (χ1) is 8.33. The van der Waals surface area contributed by atoms with E-state index in [9.17, 15) is 0 Å². The van der Waals surface area contributed by atoms with Crippen molar-refractivity contribution in [1.29, 1.82) is 0 Å². The smallest absolute Gasteiger partial charge is 0.0576 e. The van der Waals surface area contributed by atoms with Gasteiger partial charge in [0.1, 0.15) is 0 Å². The second kappa shape index (κ2) is 5.94. The first-order valence-electron chi connectivity index (χ1n) is 5.99. The van der Waals surface area contributed by atoms with E-state index in [4.69, 9.17) is 0 Å². The second-order valence-corrected chi connectivity index (χ2v) is 5.27. The maximum Gasteiger partial charge on any atom is 0.0576 e. The van der Waals surface area contributed by atoms with Crippen molar-refractivity contribution in [3.63, 3.8) is 0 Å². The zero-order valence-corrected chi connectivity index (χ0v) is 11.1. The molecule has 0 bridgehead atoms. The van der Waals surface area contributed by atoms with E-state index in [-0.39, 0.29) is 0 Å². The van der Waals surface area contributed by atoms with Crippen LogP contribution >= 0.6 is 11.3 Å². The molecule has 0 spiro atoms. The molecular weight excluding hydrogens is 228 g/mol. The summed E-state index contributed by atoms with van der Waals surface area (Å²) < 4.78 is 0. The van der Waals surface area contributed by atoms with Gasteiger partial charge in [-0.1, -0.05) is 13.0 Å². The Labute approximate surface area is 107 Å². The molecule has 2 nitrogen and oxygen atoms in total. The van der Waals surface area contributed by atoms with E-state index in [1.54, 1.807) is 0 Å². The van der Waals surface area contributed by atoms with Crippen LogP contribution in [0.1, 0.15) is 28.4 Å². The molecule has 2 rings (SSSR count). The van der Waals surface area contributed by atoms with Gasteiger partial charge < -0.3 is 5.32 Å². The van der Waals surface area contributed by atoms with Crippen LogP contribution in [-0.2, 0) is 12.8 Å². The third-order valence-corrected chi connectivity index (χ3v) is 4.12. The monoisotopic (exact) mass is 246 g/mol. The summed E-state index contributed by atoms with van der Waals surface area (Å²) in [4.78, 5) is 7.29. The highest BCUT2D eigenvalue weighted by Crippen LogP contribution is 2.23. The standard InChI is InChI=1S/C14H18N2S/c1-3-11-7-8-12(17-11)10-14(15-2)13-6-4-5-9-16-13/h4-9,14-15H,3,10H2,1-2H3. The Morgan fingerprint density at radius 1 is 1.24 bits per heavy atom. The zero-order chi connectivity index (χ0) is 12.1. The number of aryl methyl sites for hydroxylation is 1. The van der Waals surface area contributed by atoms with Gasteiger partial charge in [-0.05, 0) is 37.7 Å². The molecule has 3 heteroatoms. The fourth-order valence-corrected chi connectivity index (χ4v) is 2.86. The van der Waals surface area contributed by atoms with Gasteiger partial charge in [-0.3, -0.25) is 4.98 Å². The highest BCUT2D eigenvalue weighted by molar-refractivity contribution is 7.11. The lowest BCUT2D eigenvalue weighted by atomic mass is 10.1. The van der Waals surface area contributed by atoms with Crippen LogP contribution < -0.4 is 5.32 Å². The molecule has 0 aliphatic heterocycles. The van der Waals surface area contributed by atoms with Crippen molar-refractivity contribution in [1.82, 2.24) is 10.3 Å². The first kappa shape index (κ1) is 12.3. The van der Waals surface area contributed by atoms with Crippen LogP contribution in [0.15, 0.2) is 36.5 Å². The topological polar surface area (TPSA) is 24.9 Å². The molecule has 2 aromatic rings. The first-order valence-corrected chi connectivity index (χ1v) is 6.81. The fraction of sp³-hybridized carbons (Fsp3) is 0.357. The molecule has 1 unspecified atom stereocenters. The summed E-state index contributed by atoms with van der Waals surface area (Å²) in [5, 5.41) is 3.34. The lowest BCUT2D eigenvalue weighted by Crippen LogP contribution is -2.19. The SMILES string of the molecule is CCc1ccc(CC(NC)c2ccccn2)s1. The molecular formula is C14H18N2S. The Bertz CT molecular complexity index is 450. The third kappa shape index (κ3) is 3.14. The number of hydrogen-bond donors (Lipinski definition) is 1. The van der Waals surface area contributed by atoms with Gasteiger partial charge >= 0.3 is 0 Å². The highest BCUT2D eigenvalue weighted by Gasteiger charge is 2.12. The average molecular weight is 246 g/mol. The fourth-order valence-electron chi connectivity index (χ4n) is 1.86. The molecule has 1 N–H and O–H groups in total. The molecule has 2 aromatic heterocycles. The van der Waals surface area contributed by atoms with Gasteiger partial charge in [0.2, 0.25) is 0 Å². The Morgan fingerprint density at radius 3 is 2.65 bits per heavy atom. The highest BCUT2D eigenvalue weighted by atomic mass is 32.1. The van der Waals surface area contributed by atoms with Crippen molar-refractivity contribution in [2.24, 2.45) is 0 Å². The van der Waals surface area contributed by atoms with Crippen LogP contribution in [0, 0.1) is 0 Å². The molecule has 0 amide bonds. The maximum atomic E-state index is 4.42.